The summed E-state index contributed by atoms with van der Waals surface area (Å²) in [5.74, 6) is 0.967. The minimum absolute atomic E-state index is 0.0287. The Morgan fingerprint density at radius 1 is 0.903 bits per heavy atom. The standard InChI is InChI=1S/C26H34N2O3/c29-21-26-12-6-7-15-28(25(30)22-8-2-1-3-9-22)18-19-31-24-11-5-4-10-23(24)20-27(16-13-26)17-14-26/h1-5,8-11,29H,6-7,12-21H2. The average molecular weight is 423 g/mol. The number of hydrogen-bond acceptors (Lipinski definition) is 4. The number of fused-ring (bicyclic) bond motifs is 9. The summed E-state index contributed by atoms with van der Waals surface area (Å²) in [6.07, 6.45) is 5.05. The van der Waals surface area contributed by atoms with Crippen LogP contribution in [0.4, 0.5) is 0 Å². The minimum atomic E-state index is 0.0287. The van der Waals surface area contributed by atoms with Crippen molar-refractivity contribution >= 4 is 5.91 Å². The molecule has 5 nitrogen and oxygen atoms in total. The number of rotatable bonds is 2. The Kier molecular flexibility index (Phi) is 7.25. The van der Waals surface area contributed by atoms with Crippen molar-refractivity contribution in [1.29, 1.82) is 0 Å². The predicted octanol–water partition coefficient (Wildman–Crippen LogP) is 3.97. The first-order chi connectivity index (χ1) is 15.2. The zero-order valence-electron chi connectivity index (χ0n) is 18.3. The molecule has 0 spiro atoms. The number of hydrogen-bond donors (Lipinski definition) is 1. The lowest BCUT2D eigenvalue weighted by Gasteiger charge is -2.41. The lowest BCUT2D eigenvalue weighted by molar-refractivity contribution is 0.0319. The number of amides is 1. The summed E-state index contributed by atoms with van der Waals surface area (Å²) in [6.45, 7) is 4.90. The number of nitrogens with zero attached hydrogens (tertiary/aromatic N) is 2. The highest BCUT2D eigenvalue weighted by molar-refractivity contribution is 5.94. The Bertz CT molecular complexity index is 847. The molecule has 1 fully saturated rings. The van der Waals surface area contributed by atoms with E-state index in [1.54, 1.807) is 0 Å². The molecule has 2 aromatic rings. The van der Waals surface area contributed by atoms with Crippen molar-refractivity contribution in [3.8, 4) is 5.75 Å². The van der Waals surface area contributed by atoms with Crippen LogP contribution in [0.3, 0.4) is 0 Å². The summed E-state index contributed by atoms with van der Waals surface area (Å²) in [7, 11) is 0. The van der Waals surface area contributed by atoms with Gasteiger partial charge in [-0.15, -0.1) is 0 Å². The molecular weight excluding hydrogens is 388 g/mol. The van der Waals surface area contributed by atoms with Crippen LogP contribution in [0, 0.1) is 5.41 Å². The van der Waals surface area contributed by atoms with E-state index in [9.17, 15) is 9.90 Å². The highest BCUT2D eigenvalue weighted by Crippen LogP contribution is 2.37. The number of aliphatic hydroxyl groups excluding tert-OH is 1. The normalized spacial score (nSPS) is 25.1. The molecule has 3 aliphatic rings. The van der Waals surface area contributed by atoms with E-state index in [4.69, 9.17) is 4.74 Å². The lowest BCUT2D eigenvalue weighted by Crippen LogP contribution is -2.41. The predicted molar refractivity (Wildman–Crippen MR) is 122 cm³/mol. The van der Waals surface area contributed by atoms with E-state index in [1.807, 2.05) is 47.4 Å². The summed E-state index contributed by atoms with van der Waals surface area (Å²) in [5.41, 5.74) is 1.94. The highest BCUT2D eigenvalue weighted by atomic mass is 16.5. The van der Waals surface area contributed by atoms with Crippen LogP contribution in [0.5, 0.6) is 5.75 Å². The van der Waals surface area contributed by atoms with Crippen LogP contribution in [0.2, 0.25) is 0 Å². The maximum absolute atomic E-state index is 13.1. The molecule has 2 bridgehead atoms. The van der Waals surface area contributed by atoms with Gasteiger partial charge in [0.05, 0.1) is 6.54 Å². The van der Waals surface area contributed by atoms with Crippen LogP contribution in [0.1, 0.15) is 48.0 Å². The van der Waals surface area contributed by atoms with E-state index in [0.29, 0.717) is 19.7 Å². The van der Waals surface area contributed by atoms with Crippen LogP contribution in [-0.2, 0) is 6.54 Å². The monoisotopic (exact) mass is 422 g/mol. The van der Waals surface area contributed by atoms with Gasteiger partial charge in [0.2, 0.25) is 0 Å². The summed E-state index contributed by atoms with van der Waals surface area (Å²) < 4.78 is 6.17. The summed E-state index contributed by atoms with van der Waals surface area (Å²) in [5, 5.41) is 10.2. The molecule has 1 saturated heterocycles. The SMILES string of the molecule is O=C(c1ccccc1)N1CCCCC2(CO)CCN(CC2)Cc2ccccc2OCC1. The highest BCUT2D eigenvalue weighted by Gasteiger charge is 2.33. The molecule has 3 heterocycles. The van der Waals surface area contributed by atoms with Crippen LogP contribution in [0.25, 0.3) is 0 Å². The molecule has 1 N–H and O–H groups in total. The topological polar surface area (TPSA) is 53.0 Å². The number of aliphatic hydroxyl groups is 1. The summed E-state index contributed by atoms with van der Waals surface area (Å²) in [6, 6.07) is 17.7. The van der Waals surface area contributed by atoms with E-state index in [0.717, 1.165) is 63.1 Å². The number of carbonyl (C=O) groups excluding carboxylic acids is 1. The fourth-order valence-electron chi connectivity index (χ4n) is 4.84. The summed E-state index contributed by atoms with van der Waals surface area (Å²) in [4.78, 5) is 17.5. The van der Waals surface area contributed by atoms with E-state index in [1.165, 1.54) is 5.56 Å². The van der Waals surface area contributed by atoms with Gasteiger partial charge in [-0.1, -0.05) is 42.8 Å². The Morgan fingerprint density at radius 2 is 1.65 bits per heavy atom. The van der Waals surface area contributed by atoms with Gasteiger partial charge in [0.1, 0.15) is 12.4 Å². The molecule has 0 radical (unpaired) electrons. The van der Waals surface area contributed by atoms with Crippen LogP contribution < -0.4 is 4.74 Å². The molecule has 1 amide bonds. The Morgan fingerprint density at radius 3 is 2.42 bits per heavy atom. The first kappa shape index (κ1) is 21.8. The van der Waals surface area contributed by atoms with E-state index < -0.39 is 0 Å². The molecule has 0 atom stereocenters. The second-order valence-corrected chi connectivity index (χ2v) is 9.01. The third kappa shape index (κ3) is 5.46. The third-order valence-corrected chi connectivity index (χ3v) is 6.93. The van der Waals surface area contributed by atoms with Crippen molar-refractivity contribution in [2.75, 3.05) is 39.4 Å². The van der Waals surface area contributed by atoms with Crippen LogP contribution in [0.15, 0.2) is 54.6 Å². The Hall–Kier alpha value is -2.37. The summed E-state index contributed by atoms with van der Waals surface area (Å²) >= 11 is 0. The van der Waals surface area contributed by atoms with Crippen molar-refractivity contribution in [2.45, 2.75) is 38.6 Å². The molecule has 0 aliphatic carbocycles. The van der Waals surface area contributed by atoms with Gasteiger partial charge in [-0.2, -0.15) is 0 Å². The van der Waals surface area contributed by atoms with Gasteiger partial charge < -0.3 is 14.7 Å². The van der Waals surface area contributed by atoms with Gasteiger partial charge >= 0.3 is 0 Å². The smallest absolute Gasteiger partial charge is 0.253 e. The molecule has 0 aromatic heterocycles. The molecule has 3 aliphatic heterocycles. The van der Waals surface area contributed by atoms with Gasteiger partial charge in [-0.25, -0.2) is 0 Å². The Balaban J connectivity index is 1.53. The largest absolute Gasteiger partial charge is 0.491 e. The first-order valence-corrected chi connectivity index (χ1v) is 11.6. The first-order valence-electron chi connectivity index (χ1n) is 11.6. The van der Waals surface area contributed by atoms with Crippen LogP contribution >= 0.6 is 0 Å². The Labute approximate surface area is 185 Å². The molecule has 166 valence electrons. The molecule has 5 heteroatoms. The maximum Gasteiger partial charge on any atom is 0.253 e. The quantitative estimate of drug-likeness (QED) is 0.796. The molecular formula is C26H34N2O3. The molecule has 5 rings (SSSR count). The van der Waals surface area contributed by atoms with Gasteiger partial charge in [0.25, 0.3) is 5.91 Å². The van der Waals surface area contributed by atoms with Gasteiger partial charge in [-0.3, -0.25) is 9.69 Å². The fourth-order valence-corrected chi connectivity index (χ4v) is 4.84. The fraction of sp³-hybridized carbons (Fsp3) is 0.500. The maximum atomic E-state index is 13.1. The van der Waals surface area contributed by atoms with E-state index in [2.05, 4.69) is 17.0 Å². The van der Waals surface area contributed by atoms with Crippen molar-refractivity contribution in [2.24, 2.45) is 5.41 Å². The van der Waals surface area contributed by atoms with E-state index in [-0.39, 0.29) is 17.9 Å². The van der Waals surface area contributed by atoms with Gasteiger partial charge in [0, 0.05) is 30.8 Å². The van der Waals surface area contributed by atoms with Gasteiger partial charge in [-0.05, 0) is 62.4 Å². The number of piperidine rings is 1. The molecule has 0 saturated carbocycles. The van der Waals surface area contributed by atoms with Crippen molar-refractivity contribution in [3.63, 3.8) is 0 Å². The van der Waals surface area contributed by atoms with Crippen molar-refractivity contribution < 1.29 is 14.6 Å². The zero-order chi connectivity index (χ0) is 21.5. The van der Waals surface area contributed by atoms with Gasteiger partial charge in [0.15, 0.2) is 0 Å². The second-order valence-electron chi connectivity index (χ2n) is 9.01. The molecule has 0 unspecified atom stereocenters. The average Bonchev–Trinajstić information content (AvgIpc) is 2.83. The second kappa shape index (κ2) is 10.3. The van der Waals surface area contributed by atoms with Crippen LogP contribution in [-0.4, -0.2) is 60.2 Å². The molecule has 31 heavy (non-hydrogen) atoms. The third-order valence-electron chi connectivity index (χ3n) is 6.93. The number of carbonyl (C=O) groups is 1. The molecule has 2 aromatic carbocycles. The van der Waals surface area contributed by atoms with Crippen molar-refractivity contribution in [1.82, 2.24) is 9.80 Å². The number of ether oxygens (including phenoxy) is 1. The lowest BCUT2D eigenvalue weighted by atomic mass is 9.75. The van der Waals surface area contributed by atoms with Crippen molar-refractivity contribution in [3.05, 3.63) is 65.7 Å². The minimum Gasteiger partial charge on any atom is -0.491 e. The van der Waals surface area contributed by atoms with E-state index >= 15 is 0 Å². The number of para-hydroxylation sites is 1. The zero-order valence-corrected chi connectivity index (χ0v) is 18.3. The number of benzene rings is 2.